The monoisotopic (exact) mass is 214 g/mol. The minimum atomic E-state index is -1.86. The highest BCUT2D eigenvalue weighted by atomic mass is 16.6. The molecular weight excluding hydrogens is 200 g/mol. The predicted molar refractivity (Wildman–Crippen MR) is 53.3 cm³/mol. The number of nitro groups is 1. The Kier molecular flexibility index (Phi) is 2.83. The first-order valence-electron chi connectivity index (χ1n) is 4.47. The standard InChI is InChI=1S/C9H14N2O4/c1-9(2,3)6-4-5(11(14)15)7(10-6)8(12)13/h4,8,10,12-13H,1-3H3. The number of aliphatic hydroxyl groups excluding tert-OH is 1. The van der Waals surface area contributed by atoms with E-state index in [4.69, 9.17) is 10.2 Å². The molecular formula is C9H14N2O4. The Morgan fingerprint density at radius 3 is 2.27 bits per heavy atom. The van der Waals surface area contributed by atoms with Crippen molar-refractivity contribution in [1.29, 1.82) is 0 Å². The zero-order valence-corrected chi connectivity index (χ0v) is 8.81. The molecule has 0 fully saturated rings. The fourth-order valence-electron chi connectivity index (χ4n) is 1.21. The van der Waals surface area contributed by atoms with Gasteiger partial charge in [-0.15, -0.1) is 0 Å². The van der Waals surface area contributed by atoms with Gasteiger partial charge in [-0.3, -0.25) is 10.1 Å². The number of hydrogen-bond acceptors (Lipinski definition) is 4. The molecule has 1 aromatic heterocycles. The van der Waals surface area contributed by atoms with Crippen molar-refractivity contribution in [1.82, 2.24) is 4.98 Å². The van der Waals surface area contributed by atoms with Crippen LogP contribution in [0.4, 0.5) is 5.69 Å². The van der Waals surface area contributed by atoms with Crippen molar-refractivity contribution in [3.05, 3.63) is 27.6 Å². The van der Waals surface area contributed by atoms with Crippen LogP contribution in [0.25, 0.3) is 0 Å². The lowest BCUT2D eigenvalue weighted by atomic mass is 9.92. The Morgan fingerprint density at radius 2 is 2.00 bits per heavy atom. The number of aromatic amines is 1. The van der Waals surface area contributed by atoms with Gasteiger partial charge in [-0.25, -0.2) is 0 Å². The topological polar surface area (TPSA) is 99.4 Å². The van der Waals surface area contributed by atoms with Gasteiger partial charge >= 0.3 is 0 Å². The maximum absolute atomic E-state index is 10.6. The molecule has 1 heterocycles. The third-order valence-corrected chi connectivity index (χ3v) is 2.09. The Labute approximate surface area is 86.7 Å². The van der Waals surface area contributed by atoms with E-state index in [0.717, 1.165) is 0 Å². The largest absolute Gasteiger partial charge is 0.363 e. The van der Waals surface area contributed by atoms with Gasteiger partial charge in [-0.05, 0) is 0 Å². The molecule has 0 radical (unpaired) electrons. The lowest BCUT2D eigenvalue weighted by Gasteiger charge is -2.15. The summed E-state index contributed by atoms with van der Waals surface area (Å²) >= 11 is 0. The fourth-order valence-corrected chi connectivity index (χ4v) is 1.21. The van der Waals surface area contributed by atoms with Crippen molar-refractivity contribution >= 4 is 5.69 Å². The van der Waals surface area contributed by atoms with Crippen LogP contribution in [0.1, 0.15) is 38.4 Å². The highest BCUT2D eigenvalue weighted by molar-refractivity contribution is 5.41. The molecule has 0 atom stereocenters. The molecule has 3 N–H and O–H groups in total. The summed E-state index contributed by atoms with van der Waals surface area (Å²) in [6, 6.07) is 1.33. The summed E-state index contributed by atoms with van der Waals surface area (Å²) in [6.45, 7) is 5.61. The van der Waals surface area contributed by atoms with Gasteiger partial charge in [0.1, 0.15) is 0 Å². The zero-order chi connectivity index (χ0) is 11.8. The van der Waals surface area contributed by atoms with E-state index in [9.17, 15) is 10.1 Å². The summed E-state index contributed by atoms with van der Waals surface area (Å²) in [6.07, 6.45) is -1.86. The average molecular weight is 214 g/mol. The molecule has 15 heavy (non-hydrogen) atoms. The molecule has 0 aliphatic carbocycles. The maximum Gasteiger partial charge on any atom is 0.295 e. The Hall–Kier alpha value is -1.40. The molecule has 0 aliphatic rings. The summed E-state index contributed by atoms with van der Waals surface area (Å²) in [4.78, 5) is 12.7. The van der Waals surface area contributed by atoms with Crippen LogP contribution in [0.2, 0.25) is 0 Å². The second kappa shape index (κ2) is 3.63. The number of nitrogens with zero attached hydrogens (tertiary/aromatic N) is 1. The smallest absolute Gasteiger partial charge is 0.295 e. The predicted octanol–water partition coefficient (Wildman–Crippen LogP) is 1.20. The van der Waals surface area contributed by atoms with Crippen LogP contribution < -0.4 is 0 Å². The second-order valence-electron chi connectivity index (χ2n) is 4.36. The molecule has 0 saturated carbocycles. The van der Waals surface area contributed by atoms with E-state index in [0.29, 0.717) is 5.69 Å². The summed E-state index contributed by atoms with van der Waals surface area (Å²) in [7, 11) is 0. The van der Waals surface area contributed by atoms with Crippen LogP contribution >= 0.6 is 0 Å². The molecule has 0 unspecified atom stereocenters. The van der Waals surface area contributed by atoms with E-state index >= 15 is 0 Å². The number of aromatic nitrogens is 1. The zero-order valence-electron chi connectivity index (χ0n) is 8.81. The highest BCUT2D eigenvalue weighted by Crippen LogP contribution is 2.30. The molecule has 84 valence electrons. The van der Waals surface area contributed by atoms with E-state index in [1.54, 1.807) is 0 Å². The molecule has 0 amide bonds. The van der Waals surface area contributed by atoms with E-state index < -0.39 is 11.2 Å². The van der Waals surface area contributed by atoms with E-state index in [1.807, 2.05) is 20.8 Å². The number of hydrogen-bond donors (Lipinski definition) is 3. The van der Waals surface area contributed by atoms with Crippen molar-refractivity contribution in [3.8, 4) is 0 Å². The first-order valence-corrected chi connectivity index (χ1v) is 4.47. The van der Waals surface area contributed by atoms with Crippen molar-refractivity contribution in [2.75, 3.05) is 0 Å². The van der Waals surface area contributed by atoms with Crippen LogP contribution in [0, 0.1) is 10.1 Å². The van der Waals surface area contributed by atoms with Gasteiger partial charge in [0, 0.05) is 17.2 Å². The first-order chi connectivity index (χ1) is 6.73. The lowest BCUT2D eigenvalue weighted by Crippen LogP contribution is -2.11. The van der Waals surface area contributed by atoms with Crippen molar-refractivity contribution in [3.63, 3.8) is 0 Å². The lowest BCUT2D eigenvalue weighted by molar-refractivity contribution is -0.386. The Balaban J connectivity index is 3.28. The van der Waals surface area contributed by atoms with Gasteiger partial charge in [0.15, 0.2) is 5.69 Å². The van der Waals surface area contributed by atoms with Gasteiger partial charge < -0.3 is 15.2 Å². The number of nitrogens with one attached hydrogen (secondary N) is 1. The normalized spacial score (nSPS) is 12.1. The summed E-state index contributed by atoms with van der Waals surface area (Å²) in [5, 5.41) is 28.5. The number of rotatable bonds is 2. The quantitative estimate of drug-likeness (QED) is 0.391. The number of aliphatic hydroxyl groups is 2. The molecule has 0 saturated heterocycles. The van der Waals surface area contributed by atoms with Gasteiger partial charge in [0.05, 0.1) is 4.92 Å². The van der Waals surface area contributed by atoms with Gasteiger partial charge in [-0.2, -0.15) is 0 Å². The average Bonchev–Trinajstić information content (AvgIpc) is 2.45. The first kappa shape index (κ1) is 11.7. The number of H-pyrrole nitrogens is 1. The highest BCUT2D eigenvalue weighted by Gasteiger charge is 2.27. The molecule has 6 heteroatoms. The molecule has 1 aromatic rings. The fraction of sp³-hybridized carbons (Fsp3) is 0.556. The van der Waals surface area contributed by atoms with Crippen LogP contribution in [0.3, 0.4) is 0 Å². The summed E-state index contributed by atoms with van der Waals surface area (Å²) < 4.78 is 0. The maximum atomic E-state index is 10.6. The Bertz CT molecular complexity index is 376. The Morgan fingerprint density at radius 1 is 1.47 bits per heavy atom. The summed E-state index contributed by atoms with van der Waals surface area (Å²) in [5.41, 5.74) is -0.185. The van der Waals surface area contributed by atoms with Gasteiger partial charge in [0.2, 0.25) is 6.29 Å². The van der Waals surface area contributed by atoms with Crippen LogP contribution in [0.15, 0.2) is 6.07 Å². The van der Waals surface area contributed by atoms with Gasteiger partial charge in [-0.1, -0.05) is 20.8 Å². The third kappa shape index (κ3) is 2.34. The molecule has 0 bridgehead atoms. The second-order valence-corrected chi connectivity index (χ2v) is 4.36. The van der Waals surface area contributed by atoms with Crippen LogP contribution in [0.5, 0.6) is 0 Å². The summed E-state index contributed by atoms with van der Waals surface area (Å²) in [5.74, 6) is 0. The molecule has 0 aliphatic heterocycles. The minimum Gasteiger partial charge on any atom is -0.363 e. The van der Waals surface area contributed by atoms with E-state index in [2.05, 4.69) is 4.98 Å². The van der Waals surface area contributed by atoms with Crippen molar-refractivity contribution in [2.24, 2.45) is 0 Å². The van der Waals surface area contributed by atoms with Gasteiger partial charge in [0.25, 0.3) is 5.69 Å². The van der Waals surface area contributed by atoms with Crippen LogP contribution in [-0.2, 0) is 5.41 Å². The van der Waals surface area contributed by atoms with E-state index in [-0.39, 0.29) is 16.8 Å². The molecule has 6 nitrogen and oxygen atoms in total. The van der Waals surface area contributed by atoms with Crippen molar-refractivity contribution < 1.29 is 15.1 Å². The van der Waals surface area contributed by atoms with E-state index in [1.165, 1.54) is 6.07 Å². The third-order valence-electron chi connectivity index (χ3n) is 2.09. The van der Waals surface area contributed by atoms with Crippen LogP contribution in [-0.4, -0.2) is 20.1 Å². The molecule has 1 rings (SSSR count). The van der Waals surface area contributed by atoms with Crippen molar-refractivity contribution in [2.45, 2.75) is 32.5 Å². The molecule has 0 spiro atoms. The molecule has 0 aromatic carbocycles. The minimum absolute atomic E-state index is 0.176. The SMILES string of the molecule is CC(C)(C)c1cc([N+](=O)[O-])c(C(O)O)[nH]1.